The lowest BCUT2D eigenvalue weighted by molar-refractivity contribution is -0.134. The molecule has 5 heteroatoms. The number of nitrogens with two attached hydrogens (primary N) is 2. The molecule has 70 valence electrons. The fourth-order valence-electron chi connectivity index (χ4n) is 0.289. The predicted octanol–water partition coefficient (Wildman–Crippen LogP) is -0.0631. The summed E-state index contributed by atoms with van der Waals surface area (Å²) in [5.41, 5.74) is 10.3. The van der Waals surface area contributed by atoms with E-state index in [9.17, 15) is 0 Å². The van der Waals surface area contributed by atoms with Crippen LogP contribution < -0.4 is 17.6 Å². The Kier molecular flexibility index (Phi) is 24.6. The molecule has 0 bridgehead atoms. The molecular weight excluding hydrogens is 146 g/mol. The van der Waals surface area contributed by atoms with Crippen LogP contribution in [0.2, 0.25) is 0 Å². The van der Waals surface area contributed by atoms with Gasteiger partial charge in [-0.25, -0.2) is 0 Å². The zero-order valence-electron chi connectivity index (χ0n) is 7.05. The van der Waals surface area contributed by atoms with Crippen molar-refractivity contribution in [2.75, 3.05) is 13.1 Å². The first-order valence-electron chi connectivity index (χ1n) is 3.24. The van der Waals surface area contributed by atoms with E-state index in [4.69, 9.17) is 21.4 Å². The van der Waals surface area contributed by atoms with E-state index in [1.165, 1.54) is 0 Å². The van der Waals surface area contributed by atoms with Crippen LogP contribution in [-0.4, -0.2) is 24.2 Å². The summed E-state index contributed by atoms with van der Waals surface area (Å²) in [6.07, 6.45) is 2.13. The first-order valence-corrected chi connectivity index (χ1v) is 3.24. The van der Waals surface area contributed by atoms with Crippen LogP contribution >= 0.6 is 0 Å². The molecule has 0 rings (SSSR count). The smallest absolute Gasteiger partial charge is 0.300 e. The van der Waals surface area contributed by atoms with Crippen LogP contribution in [0.25, 0.3) is 0 Å². The number of aliphatic carboxylic acids is 1. The van der Waals surface area contributed by atoms with Gasteiger partial charge < -0.3 is 22.7 Å². The van der Waals surface area contributed by atoms with E-state index in [0.29, 0.717) is 0 Å². The fraction of sp³-hybridized carbons (Fsp3) is 0.833. The van der Waals surface area contributed by atoms with Gasteiger partial charge in [-0.1, -0.05) is 0 Å². The standard InChI is InChI=1S/C4H12N2.C2H4O2.H3N/c5-3-1-2-4-6;1-2(3)4;/h1-6H2;1H3,(H,3,4);1H3. The molecule has 0 aromatic rings. The molecule has 0 aliphatic rings. The quantitative estimate of drug-likeness (QED) is 0.436. The van der Waals surface area contributed by atoms with Crippen LogP contribution in [0.3, 0.4) is 0 Å². The maximum Gasteiger partial charge on any atom is 0.300 e. The van der Waals surface area contributed by atoms with E-state index in [0.717, 1.165) is 32.9 Å². The largest absolute Gasteiger partial charge is 0.481 e. The minimum atomic E-state index is -0.833. The van der Waals surface area contributed by atoms with E-state index >= 15 is 0 Å². The van der Waals surface area contributed by atoms with E-state index in [1.807, 2.05) is 0 Å². The van der Waals surface area contributed by atoms with Gasteiger partial charge in [0.1, 0.15) is 0 Å². The van der Waals surface area contributed by atoms with Gasteiger partial charge in [0.15, 0.2) is 0 Å². The minimum Gasteiger partial charge on any atom is -0.481 e. The lowest BCUT2D eigenvalue weighted by Crippen LogP contribution is -2.03. The van der Waals surface area contributed by atoms with Gasteiger partial charge in [0.2, 0.25) is 0 Å². The number of hydrogen-bond acceptors (Lipinski definition) is 4. The van der Waals surface area contributed by atoms with Crippen molar-refractivity contribution in [1.29, 1.82) is 0 Å². The van der Waals surface area contributed by atoms with Crippen LogP contribution in [-0.2, 0) is 4.79 Å². The average Bonchev–Trinajstić information content (AvgIpc) is 1.82. The summed E-state index contributed by atoms with van der Waals surface area (Å²) in [7, 11) is 0. The highest BCUT2D eigenvalue weighted by molar-refractivity contribution is 5.62. The molecule has 11 heavy (non-hydrogen) atoms. The summed E-state index contributed by atoms with van der Waals surface area (Å²) in [5, 5.41) is 7.42. The number of carboxylic acid groups (broad SMARTS) is 1. The van der Waals surface area contributed by atoms with Crippen molar-refractivity contribution in [1.82, 2.24) is 6.15 Å². The highest BCUT2D eigenvalue weighted by Gasteiger charge is 1.75. The molecule has 0 aliphatic heterocycles. The molecule has 0 amide bonds. The Morgan fingerprint density at radius 1 is 1.27 bits per heavy atom. The molecule has 0 heterocycles. The van der Waals surface area contributed by atoms with E-state index in [-0.39, 0.29) is 6.15 Å². The third kappa shape index (κ3) is 91.5. The second-order valence-corrected chi connectivity index (χ2v) is 1.80. The normalized spacial score (nSPS) is 7.18. The molecule has 0 fully saturated rings. The molecule has 0 saturated heterocycles. The predicted molar refractivity (Wildman–Crippen MR) is 45.7 cm³/mol. The second-order valence-electron chi connectivity index (χ2n) is 1.80. The molecule has 0 unspecified atom stereocenters. The highest BCUT2D eigenvalue weighted by Crippen LogP contribution is 1.77. The maximum atomic E-state index is 9.00. The van der Waals surface area contributed by atoms with Crippen molar-refractivity contribution in [3.05, 3.63) is 0 Å². The summed E-state index contributed by atoms with van der Waals surface area (Å²) in [5.74, 6) is -0.833. The fourth-order valence-corrected chi connectivity index (χ4v) is 0.289. The van der Waals surface area contributed by atoms with E-state index in [1.54, 1.807) is 0 Å². The molecule has 0 spiro atoms. The van der Waals surface area contributed by atoms with Crippen LogP contribution in [0.4, 0.5) is 0 Å². The Morgan fingerprint density at radius 2 is 1.45 bits per heavy atom. The van der Waals surface area contributed by atoms with Gasteiger partial charge in [0, 0.05) is 6.92 Å². The summed E-state index contributed by atoms with van der Waals surface area (Å²) in [4.78, 5) is 9.00. The minimum absolute atomic E-state index is 0. The van der Waals surface area contributed by atoms with Crippen LogP contribution in [0.5, 0.6) is 0 Å². The van der Waals surface area contributed by atoms with E-state index < -0.39 is 5.97 Å². The Hall–Kier alpha value is -0.650. The van der Waals surface area contributed by atoms with Gasteiger partial charge in [-0.05, 0) is 25.9 Å². The summed E-state index contributed by atoms with van der Waals surface area (Å²) < 4.78 is 0. The third-order valence-corrected chi connectivity index (χ3v) is 0.658. The Bertz CT molecular complexity index is 70.2. The Labute approximate surface area is 67.3 Å². The second kappa shape index (κ2) is 16.2. The monoisotopic (exact) mass is 165 g/mol. The molecule has 0 atom stereocenters. The first kappa shape index (κ1) is 16.7. The topological polar surface area (TPSA) is 124 Å². The zero-order valence-corrected chi connectivity index (χ0v) is 7.05. The van der Waals surface area contributed by atoms with Gasteiger partial charge >= 0.3 is 0 Å². The van der Waals surface area contributed by atoms with Crippen LogP contribution in [0.15, 0.2) is 0 Å². The highest BCUT2D eigenvalue weighted by atomic mass is 16.4. The molecule has 0 aromatic heterocycles. The van der Waals surface area contributed by atoms with Gasteiger partial charge in [0.05, 0.1) is 0 Å². The molecule has 0 radical (unpaired) electrons. The number of carboxylic acids is 1. The Morgan fingerprint density at radius 3 is 1.55 bits per heavy atom. The van der Waals surface area contributed by atoms with Crippen LogP contribution in [0, 0.1) is 0 Å². The number of carbonyl (C=O) groups is 1. The van der Waals surface area contributed by atoms with Gasteiger partial charge in [-0.2, -0.15) is 0 Å². The zero-order chi connectivity index (χ0) is 8.41. The van der Waals surface area contributed by atoms with Crippen molar-refractivity contribution in [2.45, 2.75) is 19.8 Å². The van der Waals surface area contributed by atoms with Crippen molar-refractivity contribution >= 4 is 5.97 Å². The summed E-state index contributed by atoms with van der Waals surface area (Å²) >= 11 is 0. The molecule has 5 nitrogen and oxygen atoms in total. The third-order valence-electron chi connectivity index (χ3n) is 0.658. The number of hydrogen-bond donors (Lipinski definition) is 4. The average molecular weight is 165 g/mol. The summed E-state index contributed by atoms with van der Waals surface area (Å²) in [6, 6.07) is 0. The molecule has 8 N–H and O–H groups in total. The lowest BCUT2D eigenvalue weighted by atomic mass is 10.3. The lowest BCUT2D eigenvalue weighted by Gasteiger charge is -1.87. The summed E-state index contributed by atoms with van der Waals surface area (Å²) in [6.45, 7) is 2.63. The molecule has 0 aromatic carbocycles. The van der Waals surface area contributed by atoms with Crippen molar-refractivity contribution in [3.63, 3.8) is 0 Å². The molecule has 0 saturated carbocycles. The van der Waals surface area contributed by atoms with Gasteiger partial charge in [-0.15, -0.1) is 0 Å². The number of unbranched alkanes of at least 4 members (excludes halogenated alkanes) is 1. The van der Waals surface area contributed by atoms with Crippen molar-refractivity contribution in [2.24, 2.45) is 11.5 Å². The van der Waals surface area contributed by atoms with Crippen LogP contribution in [0.1, 0.15) is 19.8 Å². The SMILES string of the molecule is CC(=O)O.N.NCCCCN. The van der Waals surface area contributed by atoms with E-state index in [2.05, 4.69) is 0 Å². The Balaban J connectivity index is -0.000000114. The van der Waals surface area contributed by atoms with Crippen molar-refractivity contribution < 1.29 is 9.90 Å². The van der Waals surface area contributed by atoms with Gasteiger partial charge in [-0.3, -0.25) is 4.79 Å². The van der Waals surface area contributed by atoms with Crippen molar-refractivity contribution in [3.8, 4) is 0 Å². The van der Waals surface area contributed by atoms with Gasteiger partial charge in [0.25, 0.3) is 5.97 Å². The first-order chi connectivity index (χ1) is 4.65. The molecule has 0 aliphatic carbocycles. The maximum absolute atomic E-state index is 9.00. The molecular formula is C6H19N3O2. The number of rotatable bonds is 3.